The van der Waals surface area contributed by atoms with Crippen molar-refractivity contribution in [1.29, 1.82) is 0 Å². The number of hydrogen-bond acceptors (Lipinski definition) is 0. The summed E-state index contributed by atoms with van der Waals surface area (Å²) in [5, 5.41) is 2.78. The van der Waals surface area contributed by atoms with Gasteiger partial charge in [0, 0.05) is 0 Å². The average Bonchev–Trinajstić information content (AvgIpc) is 2.82. The second-order valence-electron chi connectivity index (χ2n) is 4.23. The van der Waals surface area contributed by atoms with Gasteiger partial charge in [0.05, 0.1) is 0 Å². The van der Waals surface area contributed by atoms with E-state index in [1.807, 2.05) is 0 Å². The van der Waals surface area contributed by atoms with Gasteiger partial charge in [0.25, 0.3) is 0 Å². The van der Waals surface area contributed by atoms with Crippen molar-refractivity contribution in [2.45, 2.75) is 17.7 Å². The van der Waals surface area contributed by atoms with Crippen molar-refractivity contribution in [2.75, 3.05) is 11.5 Å². The van der Waals surface area contributed by atoms with E-state index in [0.29, 0.717) is 0 Å². The van der Waals surface area contributed by atoms with Crippen LogP contribution in [0.15, 0.2) is 47.4 Å². The summed E-state index contributed by atoms with van der Waals surface area (Å²) in [4.78, 5) is 1.61. The molecule has 1 aliphatic rings. The molecule has 0 aliphatic carbocycles. The normalized spacial score (nSPS) is 18.5. The molecule has 0 unspecified atom stereocenters. The van der Waals surface area contributed by atoms with Crippen LogP contribution in [0.3, 0.4) is 0 Å². The summed E-state index contributed by atoms with van der Waals surface area (Å²) >= 11 is 0. The Bertz CT molecular complexity index is 469. The van der Waals surface area contributed by atoms with E-state index in [1.165, 1.54) is 35.1 Å². The summed E-state index contributed by atoms with van der Waals surface area (Å²) in [7, 11) is 0.187. The van der Waals surface area contributed by atoms with E-state index in [4.69, 9.17) is 0 Å². The van der Waals surface area contributed by atoms with E-state index in [1.54, 1.807) is 4.90 Å². The minimum absolute atomic E-state index is 0.187. The van der Waals surface area contributed by atoms with Crippen LogP contribution in [-0.4, -0.2) is 11.5 Å². The number of fused-ring (bicyclic) bond motifs is 1. The van der Waals surface area contributed by atoms with Gasteiger partial charge >= 0.3 is 0 Å². The van der Waals surface area contributed by atoms with E-state index in [0.717, 1.165) is 0 Å². The highest BCUT2D eigenvalue weighted by Gasteiger charge is 2.12. The molecule has 2 aromatic carbocycles. The minimum Gasteiger partial charge on any atom is -0.227 e. The Morgan fingerprint density at radius 3 is 2.33 bits per heavy atom. The quantitative estimate of drug-likeness (QED) is 0.685. The van der Waals surface area contributed by atoms with Gasteiger partial charge in [0.1, 0.15) is 0 Å². The molecule has 1 heteroatoms. The summed E-state index contributed by atoms with van der Waals surface area (Å²) in [6.07, 6.45) is 2.89. The van der Waals surface area contributed by atoms with Crippen LogP contribution in [0.2, 0.25) is 0 Å². The second kappa shape index (κ2) is 3.90. The largest absolute Gasteiger partial charge is 0.227 e. The maximum atomic E-state index is 2.41. The molecule has 78 valence electrons. The van der Waals surface area contributed by atoms with Crippen LogP contribution in [0, 0.1) is 0 Å². The molecule has 15 heavy (non-hydrogen) atoms. The fourth-order valence-corrected chi connectivity index (χ4v) is 4.91. The van der Waals surface area contributed by atoms with Gasteiger partial charge in [-0.1, -0.05) is 30.3 Å². The van der Waals surface area contributed by atoms with Gasteiger partial charge in [0.2, 0.25) is 0 Å². The maximum Gasteiger partial charge on any atom is -0.0119 e. The molecule has 0 saturated carbocycles. The van der Waals surface area contributed by atoms with Crippen molar-refractivity contribution in [3.8, 4) is 0 Å². The lowest BCUT2D eigenvalue weighted by atomic mass is 10.1. The topological polar surface area (TPSA) is 0 Å². The van der Waals surface area contributed by atoms with Crippen LogP contribution in [0.1, 0.15) is 12.8 Å². The third kappa shape index (κ3) is 1.76. The first-order valence-corrected chi connectivity index (χ1v) is 7.38. The maximum absolute atomic E-state index is 2.41. The van der Waals surface area contributed by atoms with Crippen molar-refractivity contribution >= 4 is 21.7 Å². The smallest absolute Gasteiger partial charge is 0.0119 e. The summed E-state index contributed by atoms with van der Waals surface area (Å²) in [6.45, 7) is 0. The van der Waals surface area contributed by atoms with Crippen molar-refractivity contribution in [3.05, 3.63) is 42.5 Å². The zero-order chi connectivity index (χ0) is 10.1. The second-order valence-corrected chi connectivity index (χ2v) is 6.72. The fraction of sp³-hybridized carbons (Fsp3) is 0.286. The third-order valence-electron chi connectivity index (χ3n) is 3.20. The molecule has 0 bridgehead atoms. The molecule has 3 rings (SSSR count). The molecule has 1 saturated heterocycles. The third-order valence-corrected chi connectivity index (χ3v) is 5.92. The zero-order valence-electron chi connectivity index (χ0n) is 8.82. The molecule has 0 atom stereocenters. The SMILES string of the molecule is c1ccc2cc([SH]3CCCC3)ccc2c1. The average molecular weight is 216 g/mol. The molecule has 0 N–H and O–H groups in total. The standard InChI is InChI=1S/C14H16S/c1-2-6-13-11-14(8-7-12(13)5-1)15-9-3-4-10-15/h1-2,5-8,11,15H,3-4,9-10H2. The molecule has 0 radical (unpaired) electrons. The van der Waals surface area contributed by atoms with Gasteiger partial charge in [0.15, 0.2) is 0 Å². The molecule has 1 aliphatic heterocycles. The number of rotatable bonds is 1. The Morgan fingerprint density at radius 2 is 1.53 bits per heavy atom. The van der Waals surface area contributed by atoms with Gasteiger partial charge in [-0.25, -0.2) is 10.9 Å². The van der Waals surface area contributed by atoms with Crippen molar-refractivity contribution in [1.82, 2.24) is 0 Å². The van der Waals surface area contributed by atoms with E-state index in [9.17, 15) is 0 Å². The van der Waals surface area contributed by atoms with Crippen molar-refractivity contribution in [3.63, 3.8) is 0 Å². The molecule has 0 aromatic heterocycles. The Kier molecular flexibility index (Phi) is 2.41. The number of hydrogen-bond donors (Lipinski definition) is 1. The predicted molar refractivity (Wildman–Crippen MR) is 70.2 cm³/mol. The lowest BCUT2D eigenvalue weighted by molar-refractivity contribution is 0.949. The molecule has 1 heterocycles. The lowest BCUT2D eigenvalue weighted by Gasteiger charge is -2.14. The first kappa shape index (κ1) is 9.29. The van der Waals surface area contributed by atoms with Crippen LogP contribution in [0.4, 0.5) is 0 Å². The molecular formula is C14H16S. The Hall–Kier alpha value is -0.950. The Morgan fingerprint density at radius 1 is 0.800 bits per heavy atom. The van der Waals surface area contributed by atoms with Crippen LogP contribution < -0.4 is 0 Å². The first-order valence-electron chi connectivity index (χ1n) is 5.67. The minimum atomic E-state index is 0.187. The van der Waals surface area contributed by atoms with Crippen molar-refractivity contribution < 1.29 is 0 Å². The van der Waals surface area contributed by atoms with Crippen molar-refractivity contribution in [2.24, 2.45) is 0 Å². The fourth-order valence-electron chi connectivity index (χ4n) is 2.35. The van der Waals surface area contributed by atoms with E-state index < -0.39 is 0 Å². The van der Waals surface area contributed by atoms with E-state index in [2.05, 4.69) is 42.5 Å². The number of thiol groups is 1. The van der Waals surface area contributed by atoms with Gasteiger partial charge in [-0.15, -0.1) is 0 Å². The highest BCUT2D eigenvalue weighted by atomic mass is 32.2. The van der Waals surface area contributed by atoms with Gasteiger partial charge in [-0.05, 0) is 52.1 Å². The van der Waals surface area contributed by atoms with Gasteiger partial charge in [-0.3, -0.25) is 0 Å². The molecule has 2 aromatic rings. The van der Waals surface area contributed by atoms with Gasteiger partial charge in [-0.2, -0.15) is 0 Å². The van der Waals surface area contributed by atoms with Crippen LogP contribution in [0.5, 0.6) is 0 Å². The number of benzene rings is 2. The van der Waals surface area contributed by atoms with Crippen LogP contribution >= 0.6 is 10.9 Å². The Balaban J connectivity index is 2.05. The van der Waals surface area contributed by atoms with E-state index in [-0.39, 0.29) is 10.9 Å². The van der Waals surface area contributed by atoms with Crippen LogP contribution in [0.25, 0.3) is 10.8 Å². The first-order chi connectivity index (χ1) is 7.43. The summed E-state index contributed by atoms with van der Waals surface area (Å²) in [6, 6.07) is 15.7. The molecule has 1 fully saturated rings. The monoisotopic (exact) mass is 216 g/mol. The predicted octanol–water partition coefficient (Wildman–Crippen LogP) is 3.99. The molecule has 0 nitrogen and oxygen atoms in total. The Labute approximate surface area is 93.7 Å². The lowest BCUT2D eigenvalue weighted by Crippen LogP contribution is -1.84. The molecular weight excluding hydrogens is 200 g/mol. The summed E-state index contributed by atoms with van der Waals surface area (Å²) < 4.78 is 0. The molecule has 0 amide bonds. The summed E-state index contributed by atoms with van der Waals surface area (Å²) in [5.41, 5.74) is 0. The van der Waals surface area contributed by atoms with Crippen LogP contribution in [-0.2, 0) is 0 Å². The highest BCUT2D eigenvalue weighted by Crippen LogP contribution is 2.43. The van der Waals surface area contributed by atoms with E-state index >= 15 is 0 Å². The molecule has 0 spiro atoms. The zero-order valence-corrected chi connectivity index (χ0v) is 9.71. The summed E-state index contributed by atoms with van der Waals surface area (Å²) in [5.74, 6) is 2.90. The van der Waals surface area contributed by atoms with Gasteiger partial charge < -0.3 is 0 Å². The highest BCUT2D eigenvalue weighted by molar-refractivity contribution is 8.17.